The third-order valence-corrected chi connectivity index (χ3v) is 3.70. The van der Waals surface area contributed by atoms with Gasteiger partial charge in [0.25, 0.3) is 0 Å². The standard InChI is InChI=1S/C19H13NO2/c21-18-14-9-4-5-11-16(14)22-19(13-7-2-1-3-8-13)17(18)15-10-6-12-20-15/h1-12,20H. The van der Waals surface area contributed by atoms with Crippen LogP contribution in [0.5, 0.6) is 0 Å². The van der Waals surface area contributed by atoms with Crippen LogP contribution >= 0.6 is 0 Å². The van der Waals surface area contributed by atoms with Gasteiger partial charge in [0.05, 0.1) is 16.6 Å². The minimum absolute atomic E-state index is 0.0249. The smallest absolute Gasteiger partial charge is 0.202 e. The third-order valence-electron chi connectivity index (χ3n) is 3.70. The van der Waals surface area contributed by atoms with Gasteiger partial charge in [0.2, 0.25) is 5.43 Å². The number of hydrogen-bond acceptors (Lipinski definition) is 2. The van der Waals surface area contributed by atoms with E-state index in [1.807, 2.05) is 60.7 Å². The molecule has 0 bridgehead atoms. The molecule has 0 aliphatic rings. The van der Waals surface area contributed by atoms with E-state index >= 15 is 0 Å². The number of rotatable bonds is 2. The summed E-state index contributed by atoms with van der Waals surface area (Å²) in [5, 5.41) is 0.590. The average Bonchev–Trinajstić information content (AvgIpc) is 3.10. The maximum atomic E-state index is 12.9. The van der Waals surface area contributed by atoms with Crippen LogP contribution in [-0.2, 0) is 0 Å². The van der Waals surface area contributed by atoms with Gasteiger partial charge >= 0.3 is 0 Å². The lowest BCUT2D eigenvalue weighted by Crippen LogP contribution is -2.07. The van der Waals surface area contributed by atoms with Gasteiger partial charge in [-0.05, 0) is 24.3 Å². The predicted octanol–water partition coefficient (Wildman–Crippen LogP) is 4.46. The Hall–Kier alpha value is -3.07. The van der Waals surface area contributed by atoms with E-state index in [2.05, 4.69) is 4.98 Å². The molecule has 0 fully saturated rings. The molecule has 0 atom stereocenters. The fraction of sp³-hybridized carbons (Fsp3) is 0. The fourth-order valence-electron chi connectivity index (χ4n) is 2.67. The Labute approximate surface area is 126 Å². The molecule has 0 saturated heterocycles. The Morgan fingerprint density at radius 3 is 2.36 bits per heavy atom. The first-order chi connectivity index (χ1) is 10.8. The molecule has 0 saturated carbocycles. The Balaban J connectivity index is 2.14. The SMILES string of the molecule is O=c1c(-c2ccc[nH]2)c(-c2ccccc2)oc2ccccc12. The molecule has 1 N–H and O–H groups in total. The van der Waals surface area contributed by atoms with E-state index in [1.54, 1.807) is 12.3 Å². The second kappa shape index (κ2) is 5.04. The van der Waals surface area contributed by atoms with Crippen LogP contribution in [0.3, 0.4) is 0 Å². The molecule has 0 aliphatic carbocycles. The normalized spacial score (nSPS) is 10.9. The minimum Gasteiger partial charge on any atom is -0.455 e. The van der Waals surface area contributed by atoms with Crippen LogP contribution in [0.2, 0.25) is 0 Å². The number of H-pyrrole nitrogens is 1. The zero-order valence-electron chi connectivity index (χ0n) is 11.7. The number of aromatic amines is 1. The van der Waals surface area contributed by atoms with Gasteiger partial charge in [0.15, 0.2) is 0 Å². The largest absolute Gasteiger partial charge is 0.455 e. The maximum Gasteiger partial charge on any atom is 0.202 e. The second-order valence-electron chi connectivity index (χ2n) is 5.08. The summed E-state index contributed by atoms with van der Waals surface area (Å²) in [5.74, 6) is 0.590. The summed E-state index contributed by atoms with van der Waals surface area (Å²) < 4.78 is 6.06. The number of aromatic nitrogens is 1. The molecule has 0 unspecified atom stereocenters. The van der Waals surface area contributed by atoms with E-state index in [1.165, 1.54) is 0 Å². The summed E-state index contributed by atoms with van der Waals surface area (Å²) >= 11 is 0. The number of nitrogens with one attached hydrogen (secondary N) is 1. The van der Waals surface area contributed by atoms with Crippen molar-refractivity contribution in [2.75, 3.05) is 0 Å². The molecule has 4 aromatic rings. The summed E-state index contributed by atoms with van der Waals surface area (Å²) in [4.78, 5) is 16.1. The highest BCUT2D eigenvalue weighted by Gasteiger charge is 2.17. The first kappa shape index (κ1) is 12.7. The lowest BCUT2D eigenvalue weighted by molar-refractivity contribution is 0.620. The van der Waals surface area contributed by atoms with Crippen molar-refractivity contribution in [3.05, 3.63) is 83.2 Å². The topological polar surface area (TPSA) is 46.0 Å². The average molecular weight is 287 g/mol. The molecule has 2 heterocycles. The number of para-hydroxylation sites is 1. The highest BCUT2D eigenvalue weighted by molar-refractivity contribution is 5.88. The van der Waals surface area contributed by atoms with Crippen LogP contribution in [0, 0.1) is 0 Å². The van der Waals surface area contributed by atoms with Crippen molar-refractivity contribution >= 4 is 11.0 Å². The van der Waals surface area contributed by atoms with Gasteiger partial charge in [-0.15, -0.1) is 0 Å². The Morgan fingerprint density at radius 1 is 0.818 bits per heavy atom. The second-order valence-corrected chi connectivity index (χ2v) is 5.08. The summed E-state index contributed by atoms with van der Waals surface area (Å²) in [6, 6.07) is 20.8. The van der Waals surface area contributed by atoms with Crippen LogP contribution in [0.25, 0.3) is 33.6 Å². The third kappa shape index (κ3) is 1.95. The van der Waals surface area contributed by atoms with Gasteiger partial charge in [-0.1, -0.05) is 42.5 Å². The highest BCUT2D eigenvalue weighted by atomic mass is 16.3. The Kier molecular flexibility index (Phi) is 2.90. The van der Waals surface area contributed by atoms with Crippen molar-refractivity contribution in [3.8, 4) is 22.6 Å². The molecule has 3 heteroatoms. The van der Waals surface area contributed by atoms with Gasteiger partial charge in [-0.2, -0.15) is 0 Å². The van der Waals surface area contributed by atoms with Crippen molar-refractivity contribution in [2.45, 2.75) is 0 Å². The molecule has 2 aromatic carbocycles. The molecule has 4 rings (SSSR count). The Bertz CT molecular complexity index is 983. The van der Waals surface area contributed by atoms with Gasteiger partial charge in [-0.25, -0.2) is 0 Å². The first-order valence-corrected chi connectivity index (χ1v) is 7.09. The highest BCUT2D eigenvalue weighted by Crippen LogP contribution is 2.31. The monoisotopic (exact) mass is 287 g/mol. The van der Waals surface area contributed by atoms with Gasteiger partial charge in [0.1, 0.15) is 11.3 Å². The summed E-state index contributed by atoms with van der Waals surface area (Å²) in [7, 11) is 0. The van der Waals surface area contributed by atoms with Crippen molar-refractivity contribution in [2.24, 2.45) is 0 Å². The molecule has 22 heavy (non-hydrogen) atoms. The van der Waals surface area contributed by atoms with E-state index < -0.39 is 0 Å². The van der Waals surface area contributed by atoms with Gasteiger partial charge < -0.3 is 9.40 Å². The zero-order valence-corrected chi connectivity index (χ0v) is 11.7. The van der Waals surface area contributed by atoms with Gasteiger partial charge in [-0.3, -0.25) is 4.79 Å². The van der Waals surface area contributed by atoms with E-state index in [0.717, 1.165) is 11.3 Å². The molecular formula is C19H13NO2. The van der Waals surface area contributed by atoms with Crippen LogP contribution in [-0.4, -0.2) is 4.98 Å². The number of hydrogen-bond donors (Lipinski definition) is 1. The molecule has 0 aliphatic heterocycles. The quantitative estimate of drug-likeness (QED) is 0.592. The predicted molar refractivity (Wildman–Crippen MR) is 87.7 cm³/mol. The summed E-state index contributed by atoms with van der Waals surface area (Å²) in [6.45, 7) is 0. The minimum atomic E-state index is -0.0249. The van der Waals surface area contributed by atoms with Crippen molar-refractivity contribution in [1.29, 1.82) is 0 Å². The molecule has 0 radical (unpaired) electrons. The van der Waals surface area contributed by atoms with Crippen LogP contribution in [0.1, 0.15) is 0 Å². The van der Waals surface area contributed by atoms with E-state index in [0.29, 0.717) is 22.3 Å². The Morgan fingerprint density at radius 2 is 1.59 bits per heavy atom. The molecular weight excluding hydrogens is 274 g/mol. The lowest BCUT2D eigenvalue weighted by atomic mass is 10.0. The molecule has 0 spiro atoms. The molecule has 3 nitrogen and oxygen atoms in total. The number of benzene rings is 2. The maximum absolute atomic E-state index is 12.9. The van der Waals surface area contributed by atoms with E-state index in [4.69, 9.17) is 4.42 Å². The fourth-order valence-corrected chi connectivity index (χ4v) is 2.67. The lowest BCUT2D eigenvalue weighted by Gasteiger charge is -2.09. The molecule has 106 valence electrons. The van der Waals surface area contributed by atoms with Crippen LogP contribution in [0.4, 0.5) is 0 Å². The van der Waals surface area contributed by atoms with Gasteiger partial charge in [0, 0.05) is 11.8 Å². The van der Waals surface area contributed by atoms with Crippen molar-refractivity contribution in [1.82, 2.24) is 4.98 Å². The molecule has 2 aromatic heterocycles. The van der Waals surface area contributed by atoms with Crippen molar-refractivity contribution < 1.29 is 4.42 Å². The summed E-state index contributed by atoms with van der Waals surface area (Å²) in [5.41, 5.74) is 2.79. The number of fused-ring (bicyclic) bond motifs is 1. The first-order valence-electron chi connectivity index (χ1n) is 7.09. The van der Waals surface area contributed by atoms with Crippen LogP contribution in [0.15, 0.2) is 82.1 Å². The van der Waals surface area contributed by atoms with E-state index in [9.17, 15) is 4.79 Å². The zero-order chi connectivity index (χ0) is 14.9. The van der Waals surface area contributed by atoms with E-state index in [-0.39, 0.29) is 5.43 Å². The summed E-state index contributed by atoms with van der Waals surface area (Å²) in [6.07, 6.45) is 1.80. The molecule has 0 amide bonds. The van der Waals surface area contributed by atoms with Crippen LogP contribution < -0.4 is 5.43 Å². The van der Waals surface area contributed by atoms with Crippen molar-refractivity contribution in [3.63, 3.8) is 0 Å².